The molecule has 0 radical (unpaired) electrons. The topological polar surface area (TPSA) is 194 Å². The molecule has 182 valence electrons. The molecule has 0 saturated carbocycles. The van der Waals surface area contributed by atoms with Crippen LogP contribution in [0, 0.1) is 24.7 Å². The molecule has 12 nitrogen and oxygen atoms in total. The van der Waals surface area contributed by atoms with Crippen LogP contribution in [0.25, 0.3) is 0 Å². The van der Waals surface area contributed by atoms with Gasteiger partial charge in [-0.2, -0.15) is 0 Å². The number of rotatable bonds is 14. The van der Waals surface area contributed by atoms with Crippen molar-refractivity contribution in [3.8, 4) is 0 Å². The first kappa shape index (κ1) is 28.1. The van der Waals surface area contributed by atoms with E-state index in [1.165, 1.54) is 24.7 Å². The number of carboxylic acids is 3. The molecule has 1 rings (SSSR count). The molecule has 0 unspecified atom stereocenters. The maximum atomic E-state index is 11.9. The number of benzene rings is 1. The van der Waals surface area contributed by atoms with Gasteiger partial charge in [-0.05, 0) is 6.42 Å². The van der Waals surface area contributed by atoms with Gasteiger partial charge >= 0.3 is 147 Å². The van der Waals surface area contributed by atoms with Crippen molar-refractivity contribution in [2.24, 2.45) is 0 Å². The zero-order valence-electron chi connectivity index (χ0n) is 17.7. The average molecular weight is 661 g/mol. The van der Waals surface area contributed by atoms with E-state index in [-0.39, 0.29) is 18.9 Å². The normalized spacial score (nSPS) is 12.2. The van der Waals surface area contributed by atoms with E-state index in [0.717, 1.165) is 8.83 Å². The van der Waals surface area contributed by atoms with E-state index in [1.807, 2.05) is 24.3 Å². The number of unbranched alkanes of at least 4 members (excludes halogenated alkanes) is 1. The van der Waals surface area contributed by atoms with Crippen molar-refractivity contribution in [2.45, 2.75) is 50.7 Å². The fraction of sp³-hybridized carbons (Fsp3) is 0.450. The Morgan fingerprint density at radius 3 is 2.00 bits per heavy atom. The van der Waals surface area contributed by atoms with Gasteiger partial charge in [-0.1, -0.05) is 0 Å². The van der Waals surface area contributed by atoms with Crippen LogP contribution in [0.5, 0.6) is 0 Å². The van der Waals surface area contributed by atoms with Gasteiger partial charge in [0.25, 0.3) is 0 Å². The van der Waals surface area contributed by atoms with Crippen molar-refractivity contribution in [3.05, 3.63) is 29.8 Å². The summed E-state index contributed by atoms with van der Waals surface area (Å²) < 4.78 is 1.12. The summed E-state index contributed by atoms with van der Waals surface area (Å²) in [6, 6.07) is 3.61. The summed E-state index contributed by atoms with van der Waals surface area (Å²) in [5.74, 6) is -3.94. The summed E-state index contributed by atoms with van der Waals surface area (Å²) in [7, 11) is 0. The third kappa shape index (κ3) is 12.0. The molecular formula is C20H27AtN4O8. The third-order valence-corrected chi connectivity index (χ3v) is 5.89. The van der Waals surface area contributed by atoms with Crippen LogP contribution in [-0.2, 0) is 20.9 Å². The summed E-state index contributed by atoms with van der Waals surface area (Å²) >= 11 is 1.52. The Labute approximate surface area is 205 Å². The van der Waals surface area contributed by atoms with E-state index in [4.69, 9.17) is 10.2 Å². The molecule has 0 aromatic heterocycles. The predicted octanol–water partition coefficient (Wildman–Crippen LogP) is -0.0989. The number of nitrogens with one attached hydrogen (secondary N) is 4. The summed E-state index contributed by atoms with van der Waals surface area (Å²) in [4.78, 5) is 56.9. The molecule has 0 aliphatic carbocycles. The first-order valence-corrected chi connectivity index (χ1v) is 11.6. The van der Waals surface area contributed by atoms with Gasteiger partial charge in [-0.15, -0.1) is 0 Å². The number of carbonyl (C=O) groups excluding carboxylic acids is 2. The Bertz CT molecular complexity index is 851. The van der Waals surface area contributed by atoms with Crippen LogP contribution >= 0.6 is 0 Å². The van der Waals surface area contributed by atoms with Crippen LogP contribution in [0.15, 0.2) is 24.3 Å². The van der Waals surface area contributed by atoms with Crippen LogP contribution in [-0.4, -0.2) is 63.9 Å². The van der Waals surface area contributed by atoms with Gasteiger partial charge in [0.2, 0.25) is 0 Å². The zero-order chi connectivity index (χ0) is 24.8. The summed E-state index contributed by atoms with van der Waals surface area (Å²) in [6.45, 7) is 0.695. The van der Waals surface area contributed by atoms with Crippen LogP contribution in [0.1, 0.15) is 37.7 Å². The molecule has 7 N–H and O–H groups in total. The standard InChI is InChI=1S/C20H27AtN4O8/c21-13-6-2-1-5-12(13)11-23-19(32)22-10-4-3-7-14(17(28)29)24-20(33)25-15(18(30)31)8-9-16(26)27/h1-2,5-6,14-15H,3-4,7-11H2,(H,26,27)(H,28,29)(H,30,31)(H2,22,23,32)(H2,24,25,33)/t14-,15-/m0/s1. The smallest absolute Gasteiger partial charge is 0.480 e. The molecule has 0 fully saturated rings. The quantitative estimate of drug-likeness (QED) is 0.134. The van der Waals surface area contributed by atoms with E-state index >= 15 is 0 Å². The van der Waals surface area contributed by atoms with Gasteiger partial charge in [0.15, 0.2) is 0 Å². The third-order valence-electron chi connectivity index (χ3n) is 4.46. The minimum atomic E-state index is -1.46. The Balaban J connectivity index is 2.33. The van der Waals surface area contributed by atoms with Gasteiger partial charge in [-0.25, -0.2) is 14.4 Å². The summed E-state index contributed by atoms with van der Waals surface area (Å²) in [5.41, 5.74) is 1.02. The molecule has 0 aliphatic rings. The second kappa shape index (κ2) is 15.0. The van der Waals surface area contributed by atoms with Gasteiger partial charge < -0.3 is 20.6 Å². The van der Waals surface area contributed by atoms with Crippen LogP contribution in [0.3, 0.4) is 0 Å². The van der Waals surface area contributed by atoms with Crippen LogP contribution in [0.4, 0.5) is 9.59 Å². The van der Waals surface area contributed by atoms with Gasteiger partial charge in [0, 0.05) is 6.42 Å². The first-order valence-electron chi connectivity index (χ1n) is 10.1. The molecule has 0 aliphatic heterocycles. The molecule has 13 heteroatoms. The van der Waals surface area contributed by atoms with E-state index in [1.54, 1.807) is 0 Å². The molecule has 0 heterocycles. The van der Waals surface area contributed by atoms with E-state index < -0.39 is 42.4 Å². The molecule has 0 bridgehead atoms. The number of hydrogen-bond donors (Lipinski definition) is 7. The number of carboxylic acid groups (broad SMARTS) is 3. The summed E-state index contributed by atoms with van der Waals surface area (Å²) in [6.07, 6.45) is 0.0902. The SMILES string of the molecule is O=C(O)CC[C@H](NC(=O)N[C@@H](CCCCNC(=O)NCc1ccccc1[At])C(=O)O)C(=O)O. The number of hydrogen-bond acceptors (Lipinski definition) is 5. The Kier molecular flexibility index (Phi) is 12.8. The molecule has 4 amide bonds. The fourth-order valence-electron chi connectivity index (χ4n) is 2.70. The summed E-state index contributed by atoms with van der Waals surface area (Å²) in [5, 5.41) is 36.6. The van der Waals surface area contributed by atoms with Gasteiger partial charge in [0.1, 0.15) is 6.04 Å². The van der Waals surface area contributed by atoms with Crippen molar-refractivity contribution in [1.82, 2.24) is 21.3 Å². The molecule has 0 saturated heterocycles. The average Bonchev–Trinajstić information content (AvgIpc) is 2.74. The maximum absolute atomic E-state index is 11.9. The predicted molar refractivity (Wildman–Crippen MR) is 112 cm³/mol. The van der Waals surface area contributed by atoms with Crippen LogP contribution < -0.4 is 24.5 Å². The Morgan fingerprint density at radius 2 is 1.42 bits per heavy atom. The molecular weight excluding hydrogens is 634 g/mol. The van der Waals surface area contributed by atoms with Gasteiger partial charge in [-0.3, -0.25) is 4.79 Å². The Morgan fingerprint density at radius 1 is 0.818 bits per heavy atom. The van der Waals surface area contributed by atoms with E-state index in [0.29, 0.717) is 25.9 Å². The van der Waals surface area contributed by atoms with Crippen molar-refractivity contribution in [1.29, 1.82) is 0 Å². The Hall–Kier alpha value is -2.95. The second-order valence-corrected chi connectivity index (χ2v) is 8.61. The number of urea groups is 2. The van der Waals surface area contributed by atoms with Crippen molar-refractivity contribution in [2.75, 3.05) is 6.54 Å². The molecule has 1 aromatic rings. The van der Waals surface area contributed by atoms with Crippen molar-refractivity contribution < 1.29 is 64.0 Å². The zero-order valence-corrected chi connectivity index (χ0v) is 20.6. The van der Waals surface area contributed by atoms with Crippen LogP contribution in [0.2, 0.25) is 0 Å². The molecule has 0 spiro atoms. The van der Waals surface area contributed by atoms with Crippen molar-refractivity contribution in [3.63, 3.8) is 0 Å². The first-order chi connectivity index (χ1) is 15.6. The monoisotopic (exact) mass is 661 g/mol. The second-order valence-electron chi connectivity index (χ2n) is 7.03. The minimum absolute atomic E-state index is 0.0595. The number of aliphatic carboxylic acids is 3. The minimum Gasteiger partial charge on any atom is -0.480 e. The molecule has 33 heavy (non-hydrogen) atoms. The van der Waals surface area contributed by atoms with Crippen molar-refractivity contribution >= 4 is 33.2 Å². The fourth-order valence-corrected chi connectivity index (χ4v) is 3.48. The number of amides is 4. The van der Waals surface area contributed by atoms with E-state index in [9.17, 15) is 29.1 Å². The molecule has 1 aromatic carbocycles. The molecule has 2 atom stereocenters. The number of carbonyl (C=O) groups is 5. The van der Waals surface area contributed by atoms with Gasteiger partial charge in [0.05, 0.1) is 0 Å². The van der Waals surface area contributed by atoms with E-state index in [2.05, 4.69) is 21.3 Å².